The Bertz CT molecular complexity index is 1320. The van der Waals surface area contributed by atoms with E-state index in [1.165, 1.54) is 0 Å². The third-order valence-electron chi connectivity index (χ3n) is 6.08. The Hall–Kier alpha value is -4.34. The Morgan fingerprint density at radius 1 is 1.03 bits per heavy atom. The fraction of sp³-hybridized carbons (Fsp3) is 0.217. The molecule has 0 bridgehead atoms. The van der Waals surface area contributed by atoms with Crippen molar-refractivity contribution in [1.29, 1.82) is 0 Å². The van der Waals surface area contributed by atoms with Crippen LogP contribution in [0.5, 0.6) is 0 Å². The van der Waals surface area contributed by atoms with Crippen molar-refractivity contribution in [3.8, 4) is 17.1 Å². The molecule has 3 aromatic heterocycles. The minimum absolute atomic E-state index is 0.0195. The Morgan fingerprint density at radius 2 is 1.91 bits per heavy atom. The molecular formula is C23H22N10. The van der Waals surface area contributed by atoms with Crippen molar-refractivity contribution >= 4 is 23.0 Å². The summed E-state index contributed by atoms with van der Waals surface area (Å²) >= 11 is 0. The van der Waals surface area contributed by atoms with Crippen molar-refractivity contribution in [2.75, 3.05) is 9.80 Å². The van der Waals surface area contributed by atoms with E-state index in [0.29, 0.717) is 5.95 Å². The second-order valence-electron chi connectivity index (χ2n) is 7.97. The highest BCUT2D eigenvalue weighted by atomic mass is 15.6. The van der Waals surface area contributed by atoms with Gasteiger partial charge in [-0.25, -0.2) is 19.9 Å². The van der Waals surface area contributed by atoms with Crippen molar-refractivity contribution in [2.24, 2.45) is 5.10 Å². The summed E-state index contributed by atoms with van der Waals surface area (Å²) in [5, 5.41) is 4.52. The largest absolute Gasteiger partial charge is 0.317 e. The zero-order chi connectivity index (χ0) is 22.4. The van der Waals surface area contributed by atoms with Crippen LogP contribution in [0.1, 0.15) is 20.3 Å². The van der Waals surface area contributed by atoms with Gasteiger partial charge in [0.25, 0.3) is 0 Å². The normalized spacial score (nSPS) is 19.0. The van der Waals surface area contributed by atoms with Crippen LogP contribution in [-0.2, 0) is 0 Å². The summed E-state index contributed by atoms with van der Waals surface area (Å²) in [5.74, 6) is 2.30. The van der Waals surface area contributed by atoms with E-state index >= 15 is 0 Å². The first-order valence-corrected chi connectivity index (χ1v) is 10.8. The zero-order valence-corrected chi connectivity index (χ0v) is 18.2. The van der Waals surface area contributed by atoms with Gasteiger partial charge in [-0.1, -0.05) is 19.1 Å². The van der Waals surface area contributed by atoms with E-state index in [9.17, 15) is 0 Å². The van der Waals surface area contributed by atoms with E-state index in [-0.39, 0.29) is 12.2 Å². The van der Waals surface area contributed by atoms with Gasteiger partial charge in [-0.2, -0.15) is 10.1 Å². The van der Waals surface area contributed by atoms with Crippen molar-refractivity contribution in [3.63, 3.8) is 0 Å². The molecule has 0 saturated heterocycles. The van der Waals surface area contributed by atoms with Gasteiger partial charge < -0.3 is 4.90 Å². The Morgan fingerprint density at radius 3 is 2.70 bits per heavy atom. The van der Waals surface area contributed by atoms with Crippen LogP contribution >= 0.6 is 0 Å². The Labute approximate surface area is 190 Å². The van der Waals surface area contributed by atoms with Gasteiger partial charge in [0.2, 0.25) is 5.95 Å². The van der Waals surface area contributed by atoms with Crippen LogP contribution in [0.2, 0.25) is 0 Å². The average Bonchev–Trinajstić information content (AvgIpc) is 3.54. The maximum Gasteiger partial charge on any atom is 0.236 e. The fourth-order valence-corrected chi connectivity index (χ4v) is 4.56. The van der Waals surface area contributed by atoms with Crippen molar-refractivity contribution in [2.45, 2.75) is 32.5 Å². The number of fused-ring (bicyclic) bond motifs is 3. The summed E-state index contributed by atoms with van der Waals surface area (Å²) < 4.78 is 1.81. The minimum Gasteiger partial charge on any atom is -0.317 e. The maximum absolute atomic E-state index is 5.00. The number of benzene rings is 1. The highest BCUT2D eigenvalue weighted by Crippen LogP contribution is 2.43. The first-order chi connectivity index (χ1) is 16.2. The van der Waals surface area contributed by atoms with E-state index in [0.717, 1.165) is 40.6 Å². The quantitative estimate of drug-likeness (QED) is 0.519. The molecule has 6 rings (SSSR count). The number of anilines is 3. The zero-order valence-electron chi connectivity index (χ0n) is 18.2. The first-order valence-electron chi connectivity index (χ1n) is 10.8. The van der Waals surface area contributed by atoms with E-state index < -0.39 is 0 Å². The molecular weight excluding hydrogens is 416 g/mol. The molecule has 0 aliphatic carbocycles. The number of hydrazone groups is 1. The molecule has 10 nitrogen and oxygen atoms in total. The molecule has 33 heavy (non-hydrogen) atoms. The fourth-order valence-electron chi connectivity index (χ4n) is 4.56. The van der Waals surface area contributed by atoms with Crippen LogP contribution in [0, 0.1) is 0 Å². The average molecular weight is 438 g/mol. The standard InChI is InChI=1S/C23H22N10/c1-3-19-22-30-29-15(2)32(22)20-12-27-23(31-8-7-24-14-31)28-21(20)33(19)18-6-4-5-16(9-18)17-10-25-13-26-11-17/h4-14,19,22,30H,3H2,1-2H3. The third kappa shape index (κ3) is 3.10. The summed E-state index contributed by atoms with van der Waals surface area (Å²) in [7, 11) is 0. The first kappa shape index (κ1) is 19.4. The molecule has 2 atom stereocenters. The molecule has 164 valence electrons. The molecule has 4 aromatic rings. The van der Waals surface area contributed by atoms with E-state index in [2.05, 4.69) is 71.5 Å². The predicted molar refractivity (Wildman–Crippen MR) is 125 cm³/mol. The Kier molecular flexibility index (Phi) is 4.49. The molecule has 0 amide bonds. The second kappa shape index (κ2) is 7.66. The number of hydrogen-bond donors (Lipinski definition) is 1. The molecule has 10 heteroatoms. The van der Waals surface area contributed by atoms with Gasteiger partial charge in [0.1, 0.15) is 30.3 Å². The van der Waals surface area contributed by atoms with Crippen molar-refractivity contribution < 1.29 is 0 Å². The second-order valence-corrected chi connectivity index (χ2v) is 7.97. The number of amidine groups is 1. The lowest BCUT2D eigenvalue weighted by molar-refractivity contribution is 0.442. The Balaban J connectivity index is 1.54. The maximum atomic E-state index is 5.00. The van der Waals surface area contributed by atoms with Crippen LogP contribution in [-0.4, -0.2) is 47.5 Å². The molecule has 5 heterocycles. The SMILES string of the molecule is CCC1C2NN=C(C)N2c2cnc(-n3ccnc3)nc2N1c1cccc(-c2cncnc2)c1. The third-order valence-corrected chi connectivity index (χ3v) is 6.08. The van der Waals surface area contributed by atoms with Gasteiger partial charge in [0, 0.05) is 36.0 Å². The lowest BCUT2D eigenvalue weighted by Gasteiger charge is -2.45. The molecule has 0 saturated carbocycles. The minimum atomic E-state index is -0.0195. The summed E-state index contributed by atoms with van der Waals surface area (Å²) in [6.07, 6.45) is 13.2. The molecule has 0 radical (unpaired) electrons. The van der Waals surface area contributed by atoms with Crippen molar-refractivity contribution in [1.82, 2.24) is 34.9 Å². The van der Waals surface area contributed by atoms with E-state index in [4.69, 9.17) is 4.98 Å². The summed E-state index contributed by atoms with van der Waals surface area (Å²) in [6, 6.07) is 8.47. The molecule has 1 N–H and O–H groups in total. The summed E-state index contributed by atoms with van der Waals surface area (Å²) in [6.45, 7) is 4.18. The van der Waals surface area contributed by atoms with Crippen LogP contribution in [0.15, 0.2) is 73.0 Å². The van der Waals surface area contributed by atoms with Crippen LogP contribution in [0.25, 0.3) is 17.1 Å². The van der Waals surface area contributed by atoms with Crippen LogP contribution in [0.3, 0.4) is 0 Å². The molecule has 2 aliphatic heterocycles. The van der Waals surface area contributed by atoms with Gasteiger partial charge in [0.15, 0.2) is 5.82 Å². The molecule has 2 unspecified atom stereocenters. The number of nitrogens with zero attached hydrogens (tertiary/aromatic N) is 9. The predicted octanol–water partition coefficient (Wildman–Crippen LogP) is 3.12. The lowest BCUT2D eigenvalue weighted by Crippen LogP contribution is -2.58. The van der Waals surface area contributed by atoms with Crippen LogP contribution in [0.4, 0.5) is 17.2 Å². The van der Waals surface area contributed by atoms with Gasteiger partial charge in [-0.15, -0.1) is 0 Å². The summed E-state index contributed by atoms with van der Waals surface area (Å²) in [5.41, 5.74) is 7.27. The van der Waals surface area contributed by atoms with Crippen LogP contribution < -0.4 is 15.2 Å². The van der Waals surface area contributed by atoms with Gasteiger partial charge in [-0.3, -0.25) is 14.9 Å². The van der Waals surface area contributed by atoms with E-state index in [1.807, 2.05) is 36.3 Å². The molecule has 0 fully saturated rings. The van der Waals surface area contributed by atoms with Gasteiger partial charge in [-0.05, 0) is 31.0 Å². The smallest absolute Gasteiger partial charge is 0.236 e. The van der Waals surface area contributed by atoms with Gasteiger partial charge >= 0.3 is 0 Å². The number of nitrogens with one attached hydrogen (secondary N) is 1. The van der Waals surface area contributed by atoms with Crippen molar-refractivity contribution in [3.05, 3.63) is 67.9 Å². The highest BCUT2D eigenvalue weighted by Gasteiger charge is 2.44. The van der Waals surface area contributed by atoms with E-state index in [1.54, 1.807) is 18.9 Å². The molecule has 2 aliphatic rings. The number of rotatable bonds is 4. The highest BCUT2D eigenvalue weighted by molar-refractivity contribution is 6.02. The monoisotopic (exact) mass is 438 g/mol. The number of imidazole rings is 1. The summed E-state index contributed by atoms with van der Waals surface area (Å²) in [4.78, 5) is 26.6. The number of aromatic nitrogens is 6. The number of hydrogen-bond acceptors (Lipinski definition) is 9. The topological polar surface area (TPSA) is 100 Å². The molecule has 1 aromatic carbocycles. The molecule has 0 spiro atoms. The van der Waals surface area contributed by atoms with Gasteiger partial charge in [0.05, 0.1) is 12.2 Å². The lowest BCUT2D eigenvalue weighted by atomic mass is 10.0.